The lowest BCUT2D eigenvalue weighted by Crippen LogP contribution is -1.89. The van der Waals surface area contributed by atoms with E-state index in [9.17, 15) is 4.79 Å². The van der Waals surface area contributed by atoms with Crippen molar-refractivity contribution in [3.8, 4) is 0 Å². The van der Waals surface area contributed by atoms with Gasteiger partial charge in [-0.15, -0.1) is 11.8 Å². The minimum absolute atomic E-state index is 0.575. The Balaban J connectivity index is 2.41. The maximum absolute atomic E-state index is 9.87. The lowest BCUT2D eigenvalue weighted by atomic mass is 10.1. The van der Waals surface area contributed by atoms with Crippen molar-refractivity contribution in [2.75, 3.05) is 6.54 Å². The molecule has 0 aliphatic carbocycles. The van der Waals surface area contributed by atoms with Crippen molar-refractivity contribution in [3.63, 3.8) is 0 Å². The second-order valence-electron chi connectivity index (χ2n) is 3.89. The Kier molecular flexibility index (Phi) is 5.91. The highest BCUT2D eigenvalue weighted by Crippen LogP contribution is 2.23. The molecule has 1 aromatic rings. The average Bonchev–Trinajstić information content (AvgIpc) is 2.26. The molecule has 3 heteroatoms. The number of benzene rings is 1. The Labute approximate surface area is 101 Å². The van der Waals surface area contributed by atoms with Gasteiger partial charge in [0.25, 0.3) is 0 Å². The zero-order valence-corrected chi connectivity index (χ0v) is 10.6. The minimum Gasteiger partial charge on any atom is -0.211 e. The first-order valence-electron chi connectivity index (χ1n) is 5.51. The molecule has 16 heavy (non-hydrogen) atoms. The van der Waals surface area contributed by atoms with E-state index in [0.29, 0.717) is 11.8 Å². The number of isocyanates is 1. The third-order valence-electron chi connectivity index (χ3n) is 2.10. The highest BCUT2D eigenvalue weighted by molar-refractivity contribution is 7.99. The number of rotatable bonds is 6. The molecule has 0 bridgehead atoms. The summed E-state index contributed by atoms with van der Waals surface area (Å²) in [5.41, 5.74) is 1.30. The molecule has 1 rings (SSSR count). The summed E-state index contributed by atoms with van der Waals surface area (Å²) in [6, 6.07) is 8.61. The van der Waals surface area contributed by atoms with E-state index in [4.69, 9.17) is 0 Å². The van der Waals surface area contributed by atoms with Crippen LogP contribution in [-0.4, -0.2) is 17.9 Å². The van der Waals surface area contributed by atoms with Crippen LogP contribution in [0.3, 0.4) is 0 Å². The van der Waals surface area contributed by atoms with Gasteiger partial charge in [-0.25, -0.2) is 9.79 Å². The Morgan fingerprint density at radius 1 is 1.31 bits per heavy atom. The van der Waals surface area contributed by atoms with E-state index in [-0.39, 0.29) is 0 Å². The summed E-state index contributed by atoms with van der Waals surface area (Å²) in [5.74, 6) is 0. The second-order valence-corrected chi connectivity index (χ2v) is 5.54. The van der Waals surface area contributed by atoms with Crippen LogP contribution in [0.5, 0.6) is 0 Å². The Hall–Kier alpha value is -1.05. The standard InChI is InChI=1S/C13H17NOS/c1-11(2)16-13-7-5-12(6-8-13)4-3-9-14-10-15/h5-8,11H,3-4,9H2,1-2H3. The van der Waals surface area contributed by atoms with Crippen molar-refractivity contribution >= 4 is 17.8 Å². The molecule has 0 aromatic heterocycles. The maximum Gasteiger partial charge on any atom is 0.234 e. The molecule has 1 aromatic carbocycles. The van der Waals surface area contributed by atoms with Gasteiger partial charge in [0.05, 0.1) is 6.54 Å². The number of hydrogen-bond acceptors (Lipinski definition) is 3. The second kappa shape index (κ2) is 7.26. The van der Waals surface area contributed by atoms with E-state index in [2.05, 4.69) is 43.1 Å². The molecule has 0 saturated heterocycles. The van der Waals surface area contributed by atoms with Crippen LogP contribution in [0.25, 0.3) is 0 Å². The van der Waals surface area contributed by atoms with Crippen LogP contribution in [-0.2, 0) is 11.2 Å². The largest absolute Gasteiger partial charge is 0.234 e. The minimum atomic E-state index is 0.575. The lowest BCUT2D eigenvalue weighted by Gasteiger charge is -2.05. The Bertz CT molecular complexity index is 353. The van der Waals surface area contributed by atoms with Gasteiger partial charge in [0.1, 0.15) is 0 Å². The molecule has 2 nitrogen and oxygen atoms in total. The Morgan fingerprint density at radius 3 is 2.56 bits per heavy atom. The van der Waals surface area contributed by atoms with Crippen LogP contribution in [0, 0.1) is 0 Å². The molecular formula is C13H17NOS. The van der Waals surface area contributed by atoms with Crippen molar-refractivity contribution in [2.45, 2.75) is 36.8 Å². The van der Waals surface area contributed by atoms with Crippen molar-refractivity contribution in [1.29, 1.82) is 0 Å². The number of nitrogens with zero attached hydrogens (tertiary/aromatic N) is 1. The van der Waals surface area contributed by atoms with Gasteiger partial charge < -0.3 is 0 Å². The normalized spacial score (nSPS) is 10.2. The fourth-order valence-electron chi connectivity index (χ4n) is 1.41. The third-order valence-corrected chi connectivity index (χ3v) is 3.11. The predicted octanol–water partition coefficient (Wildman–Crippen LogP) is 3.46. The first-order chi connectivity index (χ1) is 7.72. The molecule has 0 amide bonds. The van der Waals surface area contributed by atoms with Gasteiger partial charge in [-0.2, -0.15) is 0 Å². The van der Waals surface area contributed by atoms with Crippen molar-refractivity contribution in [2.24, 2.45) is 4.99 Å². The zero-order chi connectivity index (χ0) is 11.8. The summed E-state index contributed by atoms with van der Waals surface area (Å²) < 4.78 is 0. The van der Waals surface area contributed by atoms with Crippen LogP contribution in [0.15, 0.2) is 34.2 Å². The molecule has 0 saturated carbocycles. The van der Waals surface area contributed by atoms with E-state index in [1.54, 1.807) is 6.08 Å². The number of thioether (sulfide) groups is 1. The summed E-state index contributed by atoms with van der Waals surface area (Å²) >= 11 is 1.87. The molecule has 0 radical (unpaired) electrons. The molecule has 0 atom stereocenters. The number of aryl methyl sites for hydroxylation is 1. The molecule has 0 N–H and O–H groups in total. The molecular weight excluding hydrogens is 218 g/mol. The van der Waals surface area contributed by atoms with E-state index < -0.39 is 0 Å². The van der Waals surface area contributed by atoms with Crippen molar-refractivity contribution in [1.82, 2.24) is 0 Å². The van der Waals surface area contributed by atoms with Crippen LogP contribution >= 0.6 is 11.8 Å². The maximum atomic E-state index is 9.87. The molecule has 0 aliphatic rings. The average molecular weight is 235 g/mol. The van der Waals surface area contributed by atoms with Gasteiger partial charge in [0.2, 0.25) is 6.08 Å². The summed E-state index contributed by atoms with van der Waals surface area (Å²) in [6.45, 7) is 4.96. The third kappa shape index (κ3) is 5.15. The lowest BCUT2D eigenvalue weighted by molar-refractivity contribution is 0.562. The topological polar surface area (TPSA) is 29.4 Å². The summed E-state index contributed by atoms with van der Waals surface area (Å²) in [5, 5.41) is 0.618. The smallest absolute Gasteiger partial charge is 0.211 e. The van der Waals surface area contributed by atoms with Crippen LogP contribution < -0.4 is 0 Å². The number of carbonyl (C=O) groups excluding carboxylic acids is 1. The summed E-state index contributed by atoms with van der Waals surface area (Å²) in [4.78, 5) is 14.7. The van der Waals surface area contributed by atoms with E-state index in [0.717, 1.165) is 12.8 Å². The molecule has 0 heterocycles. The summed E-state index contributed by atoms with van der Waals surface area (Å²) in [7, 11) is 0. The van der Waals surface area contributed by atoms with Gasteiger partial charge in [0, 0.05) is 10.1 Å². The van der Waals surface area contributed by atoms with Gasteiger partial charge in [-0.1, -0.05) is 26.0 Å². The van der Waals surface area contributed by atoms with E-state index in [1.165, 1.54) is 10.5 Å². The number of hydrogen-bond donors (Lipinski definition) is 0. The first-order valence-corrected chi connectivity index (χ1v) is 6.39. The quantitative estimate of drug-likeness (QED) is 0.327. The molecule has 0 spiro atoms. The number of aliphatic imine (C=N–C) groups is 1. The van der Waals surface area contributed by atoms with Gasteiger partial charge in [-0.05, 0) is 30.5 Å². The highest BCUT2D eigenvalue weighted by Gasteiger charge is 1.98. The zero-order valence-electron chi connectivity index (χ0n) is 9.77. The molecule has 0 unspecified atom stereocenters. The first kappa shape index (κ1) is 13.0. The van der Waals surface area contributed by atoms with Gasteiger partial charge >= 0.3 is 0 Å². The Morgan fingerprint density at radius 2 is 2.00 bits per heavy atom. The van der Waals surface area contributed by atoms with Crippen LogP contribution in [0.4, 0.5) is 0 Å². The van der Waals surface area contributed by atoms with E-state index in [1.807, 2.05) is 11.8 Å². The molecule has 0 fully saturated rings. The van der Waals surface area contributed by atoms with Gasteiger partial charge in [-0.3, -0.25) is 0 Å². The van der Waals surface area contributed by atoms with Crippen LogP contribution in [0.2, 0.25) is 0 Å². The van der Waals surface area contributed by atoms with Crippen molar-refractivity contribution < 1.29 is 4.79 Å². The fourth-order valence-corrected chi connectivity index (χ4v) is 2.25. The van der Waals surface area contributed by atoms with Crippen molar-refractivity contribution in [3.05, 3.63) is 29.8 Å². The predicted molar refractivity (Wildman–Crippen MR) is 68.7 cm³/mol. The monoisotopic (exact) mass is 235 g/mol. The SMILES string of the molecule is CC(C)Sc1ccc(CCCN=C=O)cc1. The van der Waals surface area contributed by atoms with Gasteiger partial charge in [0.15, 0.2) is 0 Å². The van der Waals surface area contributed by atoms with Crippen LogP contribution in [0.1, 0.15) is 25.8 Å². The van der Waals surface area contributed by atoms with E-state index >= 15 is 0 Å². The molecule has 86 valence electrons. The summed E-state index contributed by atoms with van der Waals surface area (Å²) in [6.07, 6.45) is 3.44. The fraction of sp³-hybridized carbons (Fsp3) is 0.462. The molecule has 0 aliphatic heterocycles. The highest BCUT2D eigenvalue weighted by atomic mass is 32.2.